The van der Waals surface area contributed by atoms with Gasteiger partial charge in [0.2, 0.25) is 0 Å². The van der Waals surface area contributed by atoms with Crippen molar-refractivity contribution in [2.24, 2.45) is 11.1 Å². The highest BCUT2D eigenvalue weighted by Crippen LogP contribution is 2.25. The molecule has 16 nitrogen and oxygen atoms in total. The lowest BCUT2D eigenvalue weighted by atomic mass is 9.98. The molecule has 0 amide bonds. The normalized spacial score (nSPS) is 11.6. The topological polar surface area (TPSA) is 218 Å². The Hall–Kier alpha value is -7.79. The molecule has 0 aliphatic rings. The van der Waals surface area contributed by atoms with Crippen LogP contribution in [0.25, 0.3) is 33.2 Å². The van der Waals surface area contributed by atoms with Gasteiger partial charge in [-0.1, -0.05) is 72.8 Å². The summed E-state index contributed by atoms with van der Waals surface area (Å²) in [6.07, 6.45) is 0.330. The maximum atomic E-state index is 12.1. The summed E-state index contributed by atoms with van der Waals surface area (Å²) in [6, 6.07) is 43.1. The van der Waals surface area contributed by atoms with Gasteiger partial charge in [-0.05, 0) is 134 Å². The number of hydrogen-bond donors (Lipinski definition) is 2. The molecular weight excluding hydrogens is 1000 g/mol. The van der Waals surface area contributed by atoms with Crippen LogP contribution in [0.15, 0.2) is 133 Å². The highest BCUT2D eigenvalue weighted by Gasteiger charge is 2.22. The van der Waals surface area contributed by atoms with Gasteiger partial charge in [-0.25, -0.2) is 19.6 Å². The van der Waals surface area contributed by atoms with Crippen molar-refractivity contribution in [2.75, 3.05) is 46.2 Å². The van der Waals surface area contributed by atoms with E-state index in [9.17, 15) is 24.0 Å². The Bertz CT molecular complexity index is 3000. The minimum absolute atomic E-state index is 0.0270. The molecule has 16 heteroatoms. The van der Waals surface area contributed by atoms with Crippen LogP contribution in [0.4, 0.5) is 0 Å². The molecule has 0 fully saturated rings. The fourth-order valence-electron chi connectivity index (χ4n) is 7.53. The molecule has 4 aromatic carbocycles. The molecule has 0 aliphatic carbocycles. The van der Waals surface area contributed by atoms with Crippen LogP contribution in [0.3, 0.4) is 0 Å². The summed E-state index contributed by atoms with van der Waals surface area (Å²) >= 11 is 0. The van der Waals surface area contributed by atoms with E-state index in [0.717, 1.165) is 61.5 Å². The molecule has 0 aliphatic heterocycles. The van der Waals surface area contributed by atoms with Crippen LogP contribution in [0.2, 0.25) is 0 Å². The third kappa shape index (κ3) is 21.9. The van der Waals surface area contributed by atoms with E-state index in [1.807, 2.05) is 111 Å². The zero-order valence-corrected chi connectivity index (χ0v) is 47.2. The molecule has 3 N–H and O–H groups in total. The van der Waals surface area contributed by atoms with Crippen molar-refractivity contribution in [3.8, 4) is 22.9 Å². The molecule has 0 saturated heterocycles. The Kier molecular flexibility index (Phi) is 27.0. The fraction of sp³-hybridized carbons (Fsp3) is 0.381. The summed E-state index contributed by atoms with van der Waals surface area (Å²) in [5, 5.41) is 10.4. The van der Waals surface area contributed by atoms with Crippen LogP contribution < -0.4 is 15.2 Å². The van der Waals surface area contributed by atoms with Crippen molar-refractivity contribution >= 4 is 51.3 Å². The van der Waals surface area contributed by atoms with Gasteiger partial charge < -0.3 is 48.6 Å². The number of rotatable bonds is 24. The molecule has 3 aromatic heterocycles. The average molecular weight is 1080 g/mol. The van der Waals surface area contributed by atoms with Crippen LogP contribution in [-0.2, 0) is 57.5 Å². The first kappa shape index (κ1) is 63.7. The van der Waals surface area contributed by atoms with Crippen molar-refractivity contribution in [1.29, 1.82) is 0 Å². The van der Waals surface area contributed by atoms with Gasteiger partial charge >= 0.3 is 17.9 Å². The van der Waals surface area contributed by atoms with E-state index in [-0.39, 0.29) is 36.3 Å². The van der Waals surface area contributed by atoms with Crippen molar-refractivity contribution in [3.63, 3.8) is 0 Å². The molecule has 7 aromatic rings. The summed E-state index contributed by atoms with van der Waals surface area (Å²) in [4.78, 5) is 65.6. The van der Waals surface area contributed by atoms with E-state index >= 15 is 0 Å². The van der Waals surface area contributed by atoms with Crippen molar-refractivity contribution in [1.82, 2.24) is 14.5 Å². The number of ketones is 2. The lowest BCUT2D eigenvalue weighted by molar-refractivity contribution is -0.157. The molecule has 2 atom stereocenters. The number of benzene rings is 4. The van der Waals surface area contributed by atoms with Gasteiger partial charge in [0.1, 0.15) is 36.2 Å². The zero-order valence-electron chi connectivity index (χ0n) is 47.2. The predicted molar refractivity (Wildman–Crippen MR) is 307 cm³/mol. The number of aryl methyl sites for hydroxylation is 1. The second kappa shape index (κ2) is 33.5. The fourth-order valence-corrected chi connectivity index (χ4v) is 7.53. The number of fused-ring (bicyclic) bond motifs is 2. The molecule has 422 valence electrons. The Labute approximate surface area is 464 Å². The van der Waals surface area contributed by atoms with Gasteiger partial charge in [-0.2, -0.15) is 0 Å². The number of ether oxygens (including phenoxy) is 6. The van der Waals surface area contributed by atoms with Crippen LogP contribution in [0.1, 0.15) is 95.5 Å². The summed E-state index contributed by atoms with van der Waals surface area (Å²) in [7, 11) is 0. The van der Waals surface area contributed by atoms with Crippen molar-refractivity contribution < 1.29 is 57.5 Å². The summed E-state index contributed by atoms with van der Waals surface area (Å²) in [6.45, 7) is 19.7. The van der Waals surface area contributed by atoms with E-state index in [0.29, 0.717) is 71.3 Å². The van der Waals surface area contributed by atoms with E-state index in [1.54, 1.807) is 40.7 Å². The highest BCUT2D eigenvalue weighted by atomic mass is 16.6. The molecular formula is C63H78N4O12. The Morgan fingerprint density at radius 1 is 0.595 bits per heavy atom. The number of pyridine rings is 2. The molecule has 7 rings (SSSR count). The van der Waals surface area contributed by atoms with Gasteiger partial charge in [0.05, 0.1) is 47.6 Å². The lowest BCUT2D eigenvalue weighted by Crippen LogP contribution is -2.28. The van der Waals surface area contributed by atoms with Crippen LogP contribution >= 0.6 is 0 Å². The van der Waals surface area contributed by atoms with Gasteiger partial charge in [0.25, 0.3) is 0 Å². The molecule has 79 heavy (non-hydrogen) atoms. The SMILES string of the molecule is CC(=O)CCC(=O)c1ccc2ccccc2n1.CC(C)(C)C(=O)O.CCOC(=O)[C@H](Cc1ccc(OCCN)cc1)OCC.CCOC(=O)[C@H](Cc1ccc(OCCn2c(C)ccc2-c2ccc3ccccc3n2)cc1)OCC. The third-order valence-corrected chi connectivity index (χ3v) is 11.8. The first-order chi connectivity index (χ1) is 37.9. The van der Waals surface area contributed by atoms with Crippen LogP contribution in [-0.4, -0.2) is 108 Å². The number of carboxylic acids is 1. The number of hydrogen-bond acceptors (Lipinski definition) is 14. The largest absolute Gasteiger partial charge is 0.492 e. The monoisotopic (exact) mass is 1080 g/mol. The van der Waals surface area contributed by atoms with E-state index in [1.165, 1.54) is 6.92 Å². The second-order valence-electron chi connectivity index (χ2n) is 19.0. The summed E-state index contributed by atoms with van der Waals surface area (Å²) < 4.78 is 34.8. The molecule has 0 spiro atoms. The molecule has 0 radical (unpaired) electrons. The Morgan fingerprint density at radius 3 is 1.54 bits per heavy atom. The van der Waals surface area contributed by atoms with E-state index < -0.39 is 23.6 Å². The lowest BCUT2D eigenvalue weighted by Gasteiger charge is -2.16. The zero-order chi connectivity index (χ0) is 57.7. The number of aliphatic carboxylic acids is 1. The van der Waals surface area contributed by atoms with E-state index in [4.69, 9.17) is 44.2 Å². The van der Waals surface area contributed by atoms with Crippen molar-refractivity contribution in [2.45, 2.75) is 107 Å². The Balaban J connectivity index is 0.000000259. The molecule has 0 bridgehead atoms. The maximum Gasteiger partial charge on any atom is 0.335 e. The van der Waals surface area contributed by atoms with Gasteiger partial charge in [-0.3, -0.25) is 9.59 Å². The number of nitrogens with two attached hydrogens (primary N) is 1. The standard InChI is InChI=1S/C29H32N2O4.C15H23NO4.C14H13NO2.C5H10O2/c1-4-33-28(29(32)34-5-2)20-22-11-14-24(15-12-22)35-19-18-31-21(3)10-17-27(31)26-16-13-23-8-6-7-9-25(23)30-26;1-3-18-14(15(17)19-4-2)11-12-5-7-13(8-6-12)20-10-9-16;1-10(16)6-9-14(17)13-8-7-11-4-2-3-5-12(11)15-13;1-5(2,3)4(6)7/h6-17,28H,4-5,18-20H2,1-3H3;5-8,14H,3-4,9-11,16H2,1-2H3;2-5,7-8H,6,9H2,1H3;1-3H3,(H,6,7)/t28-;14-;;/m00../s1. The van der Waals surface area contributed by atoms with Gasteiger partial charge in [-0.15, -0.1) is 0 Å². The summed E-state index contributed by atoms with van der Waals surface area (Å²) in [5.74, 6) is 0.0974. The first-order valence-electron chi connectivity index (χ1n) is 26.7. The number of carbonyl (C=O) groups is 5. The highest BCUT2D eigenvalue weighted by molar-refractivity contribution is 5.98. The average Bonchev–Trinajstić information content (AvgIpc) is 3.84. The van der Waals surface area contributed by atoms with Crippen LogP contribution in [0, 0.1) is 12.3 Å². The van der Waals surface area contributed by atoms with Gasteiger partial charge in [0.15, 0.2) is 18.0 Å². The minimum atomic E-state index is -0.757. The van der Waals surface area contributed by atoms with Gasteiger partial charge in [0, 0.05) is 61.9 Å². The minimum Gasteiger partial charge on any atom is -0.492 e. The number of para-hydroxylation sites is 2. The Morgan fingerprint density at radius 2 is 1.08 bits per heavy atom. The number of carboxylic acid groups (broad SMARTS) is 1. The number of aromatic nitrogens is 3. The quantitative estimate of drug-likeness (QED) is 0.0425. The maximum absolute atomic E-state index is 12.1. The molecule has 3 heterocycles. The number of carbonyl (C=O) groups excluding carboxylic acids is 4. The predicted octanol–water partition coefficient (Wildman–Crippen LogP) is 11.0. The number of nitrogens with zero attached hydrogens (tertiary/aromatic N) is 3. The van der Waals surface area contributed by atoms with Crippen LogP contribution in [0.5, 0.6) is 11.5 Å². The number of Topliss-reactive ketones (excluding diaryl/α,β-unsaturated/α-hetero) is 2. The van der Waals surface area contributed by atoms with E-state index in [2.05, 4.69) is 46.8 Å². The third-order valence-electron chi connectivity index (χ3n) is 11.8. The molecule has 0 saturated carbocycles. The smallest absolute Gasteiger partial charge is 0.335 e. The first-order valence-corrected chi connectivity index (χ1v) is 26.7. The number of esters is 2. The second-order valence-corrected chi connectivity index (χ2v) is 19.0. The van der Waals surface area contributed by atoms with Crippen molar-refractivity contribution in [3.05, 3.63) is 156 Å². The molecule has 0 unspecified atom stereocenters. The summed E-state index contributed by atoms with van der Waals surface area (Å²) in [5.41, 5.74) is 12.2.